The quantitative estimate of drug-likeness (QED) is 0.867. The summed E-state index contributed by atoms with van der Waals surface area (Å²) in [5.74, 6) is -0.115. The van der Waals surface area contributed by atoms with E-state index in [0.29, 0.717) is 12.0 Å². The molecule has 1 aliphatic carbocycles. The molecule has 0 bridgehead atoms. The molecule has 2 rings (SSSR count). The third-order valence-corrected chi connectivity index (χ3v) is 3.54. The molecule has 1 aromatic carbocycles. The summed E-state index contributed by atoms with van der Waals surface area (Å²) in [6.07, 6.45) is 2.65. The highest BCUT2D eigenvalue weighted by atomic mass is 79.9. The van der Waals surface area contributed by atoms with Crippen LogP contribution < -0.4 is 5.73 Å². The van der Waals surface area contributed by atoms with Crippen molar-refractivity contribution >= 4 is 15.9 Å². The molecule has 1 fully saturated rings. The highest BCUT2D eigenvalue weighted by Gasteiger charge is 2.39. The number of nitrogens with two attached hydrogens (primary N) is 1. The highest BCUT2D eigenvalue weighted by molar-refractivity contribution is 9.10. The number of aryl methyl sites for hydroxylation is 1. The van der Waals surface area contributed by atoms with Crippen molar-refractivity contribution in [3.8, 4) is 0 Å². The van der Waals surface area contributed by atoms with Crippen molar-refractivity contribution in [1.82, 2.24) is 0 Å². The number of hydrogen-bond acceptors (Lipinski definition) is 1. The van der Waals surface area contributed by atoms with Crippen LogP contribution in [0.15, 0.2) is 16.6 Å². The summed E-state index contributed by atoms with van der Waals surface area (Å²) >= 11 is 3.37. The van der Waals surface area contributed by atoms with E-state index in [1.807, 2.05) is 6.07 Å². The van der Waals surface area contributed by atoms with Gasteiger partial charge < -0.3 is 5.73 Å². The topological polar surface area (TPSA) is 26.0 Å². The molecule has 0 spiro atoms. The van der Waals surface area contributed by atoms with Crippen LogP contribution in [-0.2, 0) is 6.42 Å². The molecule has 1 aliphatic rings. The van der Waals surface area contributed by atoms with E-state index in [-0.39, 0.29) is 11.4 Å². The predicted octanol–water partition coefficient (Wildman–Crippen LogP) is 2.93. The number of halogens is 2. The Kier molecular flexibility index (Phi) is 2.40. The fourth-order valence-corrected chi connectivity index (χ4v) is 2.01. The summed E-state index contributed by atoms with van der Waals surface area (Å²) in [6.45, 7) is 1.78. The number of hydrogen-bond donors (Lipinski definition) is 1. The maximum Gasteiger partial charge on any atom is 0.130 e. The lowest BCUT2D eigenvalue weighted by molar-refractivity contribution is 0.573. The average Bonchev–Trinajstić information content (AvgIpc) is 2.86. The molecule has 0 unspecified atom stereocenters. The lowest BCUT2D eigenvalue weighted by Crippen LogP contribution is -2.25. The summed E-state index contributed by atoms with van der Waals surface area (Å²) in [5.41, 5.74) is 7.25. The Bertz CT molecular complexity index is 372. The maximum absolute atomic E-state index is 13.7. The van der Waals surface area contributed by atoms with E-state index in [0.717, 1.165) is 22.9 Å². The average molecular weight is 258 g/mol. The largest absolute Gasteiger partial charge is 0.325 e. The van der Waals surface area contributed by atoms with Gasteiger partial charge in [-0.15, -0.1) is 0 Å². The van der Waals surface area contributed by atoms with Crippen molar-refractivity contribution in [3.05, 3.63) is 33.5 Å². The Morgan fingerprint density at radius 2 is 2.14 bits per heavy atom. The van der Waals surface area contributed by atoms with Crippen LogP contribution in [0.1, 0.15) is 24.0 Å². The first-order valence-electron chi connectivity index (χ1n) is 4.74. The van der Waals surface area contributed by atoms with Gasteiger partial charge in [-0.2, -0.15) is 0 Å². The zero-order chi connectivity index (χ0) is 10.3. The van der Waals surface area contributed by atoms with Gasteiger partial charge in [0.25, 0.3) is 0 Å². The molecule has 2 N–H and O–H groups in total. The summed E-state index contributed by atoms with van der Waals surface area (Å²) in [4.78, 5) is 0. The summed E-state index contributed by atoms with van der Waals surface area (Å²) in [5, 5.41) is 0. The van der Waals surface area contributed by atoms with Gasteiger partial charge in [0.1, 0.15) is 5.82 Å². The fourth-order valence-electron chi connectivity index (χ4n) is 1.57. The van der Waals surface area contributed by atoms with Crippen LogP contribution in [-0.4, -0.2) is 5.54 Å². The number of rotatable bonds is 2. The molecule has 14 heavy (non-hydrogen) atoms. The van der Waals surface area contributed by atoms with E-state index in [2.05, 4.69) is 15.9 Å². The molecule has 76 valence electrons. The second-order valence-electron chi connectivity index (χ2n) is 4.20. The normalized spacial score (nSPS) is 18.3. The molecular weight excluding hydrogens is 245 g/mol. The van der Waals surface area contributed by atoms with Crippen molar-refractivity contribution < 1.29 is 4.39 Å². The molecule has 0 aromatic heterocycles. The van der Waals surface area contributed by atoms with Crippen molar-refractivity contribution in [2.75, 3.05) is 0 Å². The van der Waals surface area contributed by atoms with E-state index in [9.17, 15) is 4.39 Å². The fraction of sp³-hybridized carbons (Fsp3) is 0.455. The van der Waals surface area contributed by atoms with Gasteiger partial charge in [-0.05, 0) is 37.8 Å². The van der Waals surface area contributed by atoms with Crippen molar-refractivity contribution in [3.63, 3.8) is 0 Å². The van der Waals surface area contributed by atoms with Crippen LogP contribution in [0.25, 0.3) is 0 Å². The molecule has 0 atom stereocenters. The van der Waals surface area contributed by atoms with Crippen molar-refractivity contribution in [2.24, 2.45) is 5.73 Å². The van der Waals surface area contributed by atoms with E-state index < -0.39 is 0 Å². The van der Waals surface area contributed by atoms with Crippen molar-refractivity contribution in [2.45, 2.75) is 31.7 Å². The summed E-state index contributed by atoms with van der Waals surface area (Å²) in [7, 11) is 0. The first-order valence-corrected chi connectivity index (χ1v) is 5.53. The van der Waals surface area contributed by atoms with E-state index in [1.54, 1.807) is 13.0 Å². The van der Waals surface area contributed by atoms with Crippen molar-refractivity contribution in [1.29, 1.82) is 0 Å². The molecule has 0 amide bonds. The smallest absolute Gasteiger partial charge is 0.130 e. The molecule has 0 saturated heterocycles. The lowest BCUT2D eigenvalue weighted by atomic mass is 10.0. The van der Waals surface area contributed by atoms with Gasteiger partial charge in [0.15, 0.2) is 0 Å². The first-order chi connectivity index (χ1) is 6.52. The molecule has 1 saturated carbocycles. The second kappa shape index (κ2) is 3.31. The summed E-state index contributed by atoms with van der Waals surface area (Å²) in [6, 6.07) is 3.67. The summed E-state index contributed by atoms with van der Waals surface area (Å²) < 4.78 is 14.6. The Hall–Kier alpha value is -0.410. The predicted molar refractivity (Wildman–Crippen MR) is 58.7 cm³/mol. The van der Waals surface area contributed by atoms with Gasteiger partial charge in [-0.1, -0.05) is 22.0 Å². The minimum Gasteiger partial charge on any atom is -0.325 e. The van der Waals surface area contributed by atoms with Gasteiger partial charge in [-0.25, -0.2) is 4.39 Å². The first kappa shape index (κ1) is 10.1. The lowest BCUT2D eigenvalue weighted by Gasteiger charge is -2.12. The Morgan fingerprint density at radius 1 is 1.50 bits per heavy atom. The SMILES string of the molecule is Cc1ccc(Br)c(CC2(N)CC2)c1F. The van der Waals surface area contributed by atoms with Crippen LogP contribution in [0, 0.1) is 12.7 Å². The molecule has 0 radical (unpaired) electrons. The zero-order valence-electron chi connectivity index (χ0n) is 8.11. The Balaban J connectivity index is 2.35. The molecule has 0 heterocycles. The van der Waals surface area contributed by atoms with Gasteiger partial charge >= 0.3 is 0 Å². The second-order valence-corrected chi connectivity index (χ2v) is 5.05. The molecule has 3 heteroatoms. The third-order valence-electron chi connectivity index (χ3n) is 2.80. The molecule has 0 aliphatic heterocycles. The molecule has 1 nitrogen and oxygen atoms in total. The minimum atomic E-state index is -0.142. The van der Waals surface area contributed by atoms with E-state index >= 15 is 0 Å². The zero-order valence-corrected chi connectivity index (χ0v) is 9.70. The Labute approximate surface area is 91.6 Å². The molecule has 1 aromatic rings. The number of benzene rings is 1. The standard InChI is InChI=1S/C11H13BrFN/c1-7-2-3-9(12)8(10(7)13)6-11(14)4-5-11/h2-3H,4-6,14H2,1H3. The van der Waals surface area contributed by atoms with Crippen LogP contribution >= 0.6 is 15.9 Å². The van der Waals surface area contributed by atoms with Crippen LogP contribution in [0.3, 0.4) is 0 Å². The minimum absolute atomic E-state index is 0.115. The highest BCUT2D eigenvalue weighted by Crippen LogP contribution is 2.38. The maximum atomic E-state index is 13.7. The third kappa shape index (κ3) is 1.84. The van der Waals surface area contributed by atoms with Gasteiger partial charge in [-0.3, -0.25) is 0 Å². The van der Waals surface area contributed by atoms with Gasteiger partial charge in [0.2, 0.25) is 0 Å². The van der Waals surface area contributed by atoms with Crippen LogP contribution in [0.5, 0.6) is 0 Å². The molecular formula is C11H13BrFN. The van der Waals surface area contributed by atoms with Gasteiger partial charge in [0.05, 0.1) is 0 Å². The monoisotopic (exact) mass is 257 g/mol. The van der Waals surface area contributed by atoms with Crippen LogP contribution in [0.2, 0.25) is 0 Å². The van der Waals surface area contributed by atoms with Crippen LogP contribution in [0.4, 0.5) is 4.39 Å². The van der Waals surface area contributed by atoms with E-state index in [1.165, 1.54) is 0 Å². The van der Waals surface area contributed by atoms with E-state index in [4.69, 9.17) is 5.73 Å². The van der Waals surface area contributed by atoms with Gasteiger partial charge in [0, 0.05) is 15.6 Å². The Morgan fingerprint density at radius 3 is 2.71 bits per heavy atom.